The first-order valence-electron chi connectivity index (χ1n) is 7.76. The molecule has 0 fully saturated rings. The van der Waals surface area contributed by atoms with Gasteiger partial charge in [0.25, 0.3) is 0 Å². The smallest absolute Gasteiger partial charge is 0.248 e. The van der Waals surface area contributed by atoms with E-state index in [4.69, 9.17) is 8.83 Å². The van der Waals surface area contributed by atoms with Gasteiger partial charge in [0.1, 0.15) is 11.3 Å². The molecule has 5 heteroatoms. The van der Waals surface area contributed by atoms with Crippen molar-refractivity contribution in [3.05, 3.63) is 78.8 Å². The minimum Gasteiger partial charge on any atom is -0.465 e. The average molecular weight is 330 g/mol. The lowest BCUT2D eigenvalue weighted by Gasteiger charge is -2.00. The zero-order valence-corrected chi connectivity index (χ0v) is 13.2. The Bertz CT molecular complexity index is 1030. The number of amides is 1. The molecule has 2 aromatic heterocycles. The third kappa shape index (κ3) is 3.35. The number of carbonyl (C=O) groups excluding carboxylic acids is 1. The molecule has 0 radical (unpaired) electrons. The Morgan fingerprint density at radius 1 is 1.04 bits per heavy atom. The summed E-state index contributed by atoms with van der Waals surface area (Å²) in [5.74, 6) is 0.925. The molecular formula is C20H14N2O3. The van der Waals surface area contributed by atoms with E-state index in [9.17, 15) is 4.79 Å². The molecule has 0 saturated heterocycles. The van der Waals surface area contributed by atoms with Gasteiger partial charge in [0.05, 0.1) is 6.26 Å². The number of nitrogens with one attached hydrogen (secondary N) is 1. The number of furan rings is 1. The van der Waals surface area contributed by atoms with Crippen LogP contribution in [0.25, 0.3) is 28.6 Å². The summed E-state index contributed by atoms with van der Waals surface area (Å²) in [6.45, 7) is 0. The molecule has 25 heavy (non-hydrogen) atoms. The van der Waals surface area contributed by atoms with Crippen LogP contribution < -0.4 is 5.32 Å². The minimum absolute atomic E-state index is 0.248. The number of carbonyl (C=O) groups is 1. The van der Waals surface area contributed by atoms with E-state index < -0.39 is 0 Å². The first kappa shape index (κ1) is 15.0. The number of fused-ring (bicyclic) bond motifs is 1. The Labute approximate surface area is 143 Å². The third-order valence-corrected chi connectivity index (χ3v) is 3.62. The second-order valence-corrected chi connectivity index (χ2v) is 5.41. The zero-order valence-electron chi connectivity index (χ0n) is 13.2. The van der Waals surface area contributed by atoms with Gasteiger partial charge in [-0.15, -0.1) is 0 Å². The van der Waals surface area contributed by atoms with Crippen LogP contribution in [0.4, 0.5) is 5.69 Å². The molecule has 0 spiro atoms. The molecule has 0 atom stereocenters. The SMILES string of the molecule is O=C(/C=C/c1ccco1)Nc1ccc2oc(-c3ccccc3)nc2c1. The summed E-state index contributed by atoms with van der Waals surface area (Å²) in [4.78, 5) is 16.5. The monoisotopic (exact) mass is 330 g/mol. The zero-order chi connectivity index (χ0) is 17.1. The maximum atomic E-state index is 12.0. The lowest BCUT2D eigenvalue weighted by atomic mass is 10.2. The van der Waals surface area contributed by atoms with Crippen molar-refractivity contribution in [2.45, 2.75) is 0 Å². The Hall–Kier alpha value is -3.60. The van der Waals surface area contributed by atoms with E-state index in [2.05, 4.69) is 10.3 Å². The molecule has 0 saturated carbocycles. The van der Waals surface area contributed by atoms with Crippen molar-refractivity contribution in [1.29, 1.82) is 0 Å². The van der Waals surface area contributed by atoms with Gasteiger partial charge in [0.2, 0.25) is 11.8 Å². The van der Waals surface area contributed by atoms with E-state index in [1.165, 1.54) is 6.08 Å². The van der Waals surface area contributed by atoms with Crippen LogP contribution in [0.1, 0.15) is 5.76 Å². The number of hydrogen-bond donors (Lipinski definition) is 1. The highest BCUT2D eigenvalue weighted by Crippen LogP contribution is 2.26. The van der Waals surface area contributed by atoms with E-state index in [0.29, 0.717) is 28.4 Å². The molecule has 0 unspecified atom stereocenters. The summed E-state index contributed by atoms with van der Waals surface area (Å²) >= 11 is 0. The molecule has 4 rings (SSSR count). The molecule has 1 amide bonds. The number of benzene rings is 2. The molecule has 1 N–H and O–H groups in total. The molecule has 4 aromatic rings. The Balaban J connectivity index is 1.54. The predicted octanol–water partition coefficient (Wildman–Crippen LogP) is 4.74. The summed E-state index contributed by atoms with van der Waals surface area (Å²) in [6.07, 6.45) is 4.58. The molecule has 0 aliphatic heterocycles. The Morgan fingerprint density at radius 2 is 1.92 bits per heavy atom. The van der Waals surface area contributed by atoms with Crippen LogP contribution >= 0.6 is 0 Å². The quantitative estimate of drug-likeness (QED) is 0.549. The number of hydrogen-bond acceptors (Lipinski definition) is 4. The van der Waals surface area contributed by atoms with Crippen molar-refractivity contribution in [2.75, 3.05) is 5.32 Å². The largest absolute Gasteiger partial charge is 0.465 e. The normalized spacial score (nSPS) is 11.2. The van der Waals surface area contributed by atoms with Crippen molar-refractivity contribution < 1.29 is 13.6 Å². The van der Waals surface area contributed by atoms with Gasteiger partial charge in [0.15, 0.2) is 5.58 Å². The Kier molecular flexibility index (Phi) is 3.88. The van der Waals surface area contributed by atoms with Gasteiger partial charge in [-0.25, -0.2) is 4.98 Å². The van der Waals surface area contributed by atoms with Gasteiger partial charge in [-0.05, 0) is 48.5 Å². The van der Waals surface area contributed by atoms with E-state index in [1.807, 2.05) is 30.3 Å². The van der Waals surface area contributed by atoms with E-state index >= 15 is 0 Å². The predicted molar refractivity (Wildman–Crippen MR) is 95.8 cm³/mol. The minimum atomic E-state index is -0.248. The summed E-state index contributed by atoms with van der Waals surface area (Å²) in [5, 5.41) is 2.80. The van der Waals surface area contributed by atoms with Crippen molar-refractivity contribution in [1.82, 2.24) is 4.98 Å². The first-order valence-corrected chi connectivity index (χ1v) is 7.76. The van der Waals surface area contributed by atoms with Crippen LogP contribution in [-0.4, -0.2) is 10.9 Å². The summed E-state index contributed by atoms with van der Waals surface area (Å²) in [7, 11) is 0. The van der Waals surface area contributed by atoms with Crippen LogP contribution in [0.5, 0.6) is 0 Å². The molecule has 122 valence electrons. The first-order chi connectivity index (χ1) is 12.3. The second-order valence-electron chi connectivity index (χ2n) is 5.41. The van der Waals surface area contributed by atoms with Crippen LogP contribution in [0.15, 0.2) is 81.8 Å². The second kappa shape index (κ2) is 6.49. The van der Waals surface area contributed by atoms with Gasteiger partial charge >= 0.3 is 0 Å². The van der Waals surface area contributed by atoms with Crippen molar-refractivity contribution in [2.24, 2.45) is 0 Å². The van der Waals surface area contributed by atoms with Crippen molar-refractivity contribution in [3.63, 3.8) is 0 Å². The molecule has 2 heterocycles. The number of rotatable bonds is 4. The van der Waals surface area contributed by atoms with Gasteiger partial charge in [-0.1, -0.05) is 18.2 Å². The average Bonchev–Trinajstić information content (AvgIpc) is 3.30. The highest BCUT2D eigenvalue weighted by atomic mass is 16.3. The van der Waals surface area contributed by atoms with Gasteiger partial charge in [-0.2, -0.15) is 0 Å². The lowest BCUT2D eigenvalue weighted by Crippen LogP contribution is -2.07. The fourth-order valence-electron chi connectivity index (χ4n) is 2.44. The third-order valence-electron chi connectivity index (χ3n) is 3.62. The standard InChI is InChI=1S/C20H14N2O3/c23-19(11-9-16-7-4-12-24-16)21-15-8-10-18-17(13-15)22-20(25-18)14-5-2-1-3-6-14/h1-13H,(H,21,23)/b11-9+. The summed E-state index contributed by atoms with van der Waals surface area (Å²) in [6, 6.07) is 18.6. The van der Waals surface area contributed by atoms with Crippen LogP contribution in [-0.2, 0) is 4.79 Å². The number of nitrogens with zero attached hydrogens (tertiary/aromatic N) is 1. The summed E-state index contributed by atoms with van der Waals surface area (Å²) in [5.41, 5.74) is 2.91. The van der Waals surface area contributed by atoms with Gasteiger partial charge < -0.3 is 14.2 Å². The number of anilines is 1. The van der Waals surface area contributed by atoms with Crippen LogP contribution in [0.3, 0.4) is 0 Å². The van der Waals surface area contributed by atoms with E-state index in [1.54, 1.807) is 42.7 Å². The number of oxazole rings is 1. The molecular weight excluding hydrogens is 316 g/mol. The molecule has 2 aromatic carbocycles. The highest BCUT2D eigenvalue weighted by molar-refractivity contribution is 6.02. The lowest BCUT2D eigenvalue weighted by molar-refractivity contribution is -0.111. The molecule has 0 aliphatic rings. The van der Waals surface area contributed by atoms with Crippen molar-refractivity contribution in [3.8, 4) is 11.5 Å². The fourth-order valence-corrected chi connectivity index (χ4v) is 2.44. The van der Waals surface area contributed by atoms with Gasteiger partial charge in [-0.3, -0.25) is 4.79 Å². The Morgan fingerprint density at radius 3 is 2.72 bits per heavy atom. The number of aromatic nitrogens is 1. The fraction of sp³-hybridized carbons (Fsp3) is 0. The van der Waals surface area contributed by atoms with Crippen molar-refractivity contribution >= 4 is 28.8 Å². The molecule has 5 nitrogen and oxygen atoms in total. The van der Waals surface area contributed by atoms with Gasteiger partial charge in [0, 0.05) is 17.3 Å². The van der Waals surface area contributed by atoms with Crippen LogP contribution in [0.2, 0.25) is 0 Å². The van der Waals surface area contributed by atoms with E-state index in [0.717, 1.165) is 5.56 Å². The summed E-state index contributed by atoms with van der Waals surface area (Å²) < 4.78 is 10.9. The topological polar surface area (TPSA) is 68.3 Å². The van der Waals surface area contributed by atoms with Crippen LogP contribution in [0, 0.1) is 0 Å². The molecule has 0 bridgehead atoms. The maximum Gasteiger partial charge on any atom is 0.248 e. The molecule has 0 aliphatic carbocycles. The van der Waals surface area contributed by atoms with E-state index in [-0.39, 0.29) is 5.91 Å². The highest BCUT2D eigenvalue weighted by Gasteiger charge is 2.09. The maximum absolute atomic E-state index is 12.0.